The minimum absolute atomic E-state index is 0.230. The third-order valence-corrected chi connectivity index (χ3v) is 4.27. The van der Waals surface area contributed by atoms with Crippen LogP contribution in [0.15, 0.2) is 30.5 Å². The number of rotatable bonds is 6. The van der Waals surface area contributed by atoms with Crippen LogP contribution in [0.4, 0.5) is 8.78 Å². The van der Waals surface area contributed by atoms with Crippen molar-refractivity contribution in [2.75, 3.05) is 6.61 Å². The lowest BCUT2D eigenvalue weighted by Crippen LogP contribution is -2.35. The van der Waals surface area contributed by atoms with E-state index < -0.39 is 6.43 Å². The van der Waals surface area contributed by atoms with E-state index in [9.17, 15) is 8.78 Å². The molecule has 3 rings (SSSR count). The highest BCUT2D eigenvalue weighted by Gasteiger charge is 2.21. The summed E-state index contributed by atoms with van der Waals surface area (Å²) in [5.41, 5.74) is 7.99. The van der Waals surface area contributed by atoms with Crippen LogP contribution in [0.2, 0.25) is 0 Å². The zero-order valence-corrected chi connectivity index (χ0v) is 15.3. The van der Waals surface area contributed by atoms with E-state index in [1.54, 1.807) is 0 Å². The maximum absolute atomic E-state index is 12.9. The van der Waals surface area contributed by atoms with Crippen LogP contribution < -0.4 is 15.2 Å². The summed E-state index contributed by atoms with van der Waals surface area (Å²) in [4.78, 5) is 3.75. The molecule has 140 valence electrons. The molecule has 2 N–H and O–H groups in total. The van der Waals surface area contributed by atoms with E-state index in [1.165, 1.54) is 12.3 Å². The minimum atomic E-state index is -2.61. The summed E-state index contributed by atoms with van der Waals surface area (Å²) in [6.45, 7) is 7.03. The highest BCUT2D eigenvalue weighted by molar-refractivity contribution is 5.75. The SMILES string of the molecule is C[C@H](COc1ccc2c(c1)COc1cnc(C(F)F)cc1-2)CC(C)(C)N. The Kier molecular flexibility index (Phi) is 5.14. The van der Waals surface area contributed by atoms with E-state index in [4.69, 9.17) is 15.2 Å². The van der Waals surface area contributed by atoms with Crippen molar-refractivity contribution in [3.05, 3.63) is 41.7 Å². The largest absolute Gasteiger partial charge is 0.493 e. The van der Waals surface area contributed by atoms with Crippen LogP contribution in [0.1, 0.15) is 44.9 Å². The van der Waals surface area contributed by atoms with Crippen molar-refractivity contribution in [1.82, 2.24) is 4.98 Å². The molecule has 2 heterocycles. The third kappa shape index (κ3) is 4.30. The van der Waals surface area contributed by atoms with Crippen molar-refractivity contribution >= 4 is 0 Å². The summed E-state index contributed by atoms with van der Waals surface area (Å²) in [7, 11) is 0. The van der Waals surface area contributed by atoms with Gasteiger partial charge in [-0.3, -0.25) is 4.98 Å². The van der Waals surface area contributed by atoms with Gasteiger partial charge in [-0.2, -0.15) is 0 Å². The lowest BCUT2D eigenvalue weighted by atomic mass is 9.93. The molecule has 1 aliphatic heterocycles. The first kappa shape index (κ1) is 18.6. The molecule has 0 spiro atoms. The highest BCUT2D eigenvalue weighted by Crippen LogP contribution is 2.39. The molecular weight excluding hydrogens is 338 g/mol. The first-order valence-electron chi connectivity index (χ1n) is 8.69. The molecule has 0 bridgehead atoms. The molecule has 0 radical (unpaired) electrons. The molecule has 0 fully saturated rings. The predicted octanol–water partition coefficient (Wildman–Crippen LogP) is 4.72. The number of ether oxygens (including phenoxy) is 2. The number of halogens is 2. The van der Waals surface area contributed by atoms with Crippen LogP contribution in [0, 0.1) is 5.92 Å². The molecule has 0 amide bonds. The lowest BCUT2D eigenvalue weighted by molar-refractivity contribution is 0.146. The normalized spacial score (nSPS) is 14.4. The van der Waals surface area contributed by atoms with Gasteiger partial charge in [0.1, 0.15) is 23.8 Å². The molecule has 0 aliphatic carbocycles. The Morgan fingerprint density at radius 2 is 2.04 bits per heavy atom. The van der Waals surface area contributed by atoms with E-state index in [0.29, 0.717) is 30.4 Å². The Morgan fingerprint density at radius 1 is 1.27 bits per heavy atom. The van der Waals surface area contributed by atoms with Gasteiger partial charge in [-0.15, -0.1) is 0 Å². The van der Waals surface area contributed by atoms with Gasteiger partial charge in [-0.1, -0.05) is 13.0 Å². The Labute approximate surface area is 152 Å². The molecular formula is C20H24F2N2O2. The summed E-state index contributed by atoms with van der Waals surface area (Å²) in [5, 5.41) is 0. The topological polar surface area (TPSA) is 57.4 Å². The van der Waals surface area contributed by atoms with Gasteiger partial charge in [0.05, 0.1) is 12.8 Å². The smallest absolute Gasteiger partial charge is 0.280 e. The number of aromatic nitrogens is 1. The van der Waals surface area contributed by atoms with E-state index in [-0.39, 0.29) is 11.2 Å². The molecule has 1 atom stereocenters. The van der Waals surface area contributed by atoms with Crippen LogP contribution in [0.5, 0.6) is 11.5 Å². The third-order valence-electron chi connectivity index (χ3n) is 4.27. The van der Waals surface area contributed by atoms with Crippen molar-refractivity contribution < 1.29 is 18.3 Å². The zero-order chi connectivity index (χ0) is 18.9. The maximum atomic E-state index is 12.9. The molecule has 0 unspecified atom stereocenters. The van der Waals surface area contributed by atoms with Crippen molar-refractivity contribution in [3.8, 4) is 22.6 Å². The second-order valence-electron chi connectivity index (χ2n) is 7.62. The van der Waals surface area contributed by atoms with Crippen molar-refractivity contribution in [2.45, 2.75) is 45.8 Å². The standard InChI is InChI=1S/C20H24F2N2O2/c1-12(8-20(2,3)23)10-25-14-4-5-15-13(6-14)11-26-18-9-24-17(19(21)22)7-16(15)18/h4-7,9,12,19H,8,10-11,23H2,1-3H3/t12-/m0/s1. The Hall–Kier alpha value is -2.21. The number of pyridine rings is 1. The van der Waals surface area contributed by atoms with E-state index >= 15 is 0 Å². The van der Waals surface area contributed by atoms with Crippen LogP contribution in [-0.2, 0) is 6.61 Å². The maximum Gasteiger partial charge on any atom is 0.280 e. The Morgan fingerprint density at radius 3 is 2.73 bits per heavy atom. The number of hydrogen-bond donors (Lipinski definition) is 1. The fraction of sp³-hybridized carbons (Fsp3) is 0.450. The lowest BCUT2D eigenvalue weighted by Gasteiger charge is -2.24. The van der Waals surface area contributed by atoms with Crippen LogP contribution in [0.3, 0.4) is 0 Å². The summed E-state index contributed by atoms with van der Waals surface area (Å²) >= 11 is 0. The van der Waals surface area contributed by atoms with Gasteiger partial charge in [0.15, 0.2) is 0 Å². The first-order chi connectivity index (χ1) is 12.2. The molecule has 1 aromatic carbocycles. The van der Waals surface area contributed by atoms with Gasteiger partial charge >= 0.3 is 0 Å². The van der Waals surface area contributed by atoms with Crippen molar-refractivity contribution in [2.24, 2.45) is 11.7 Å². The number of nitrogens with zero attached hydrogens (tertiary/aromatic N) is 1. The summed E-state index contributed by atoms with van der Waals surface area (Å²) < 4.78 is 37.4. The van der Waals surface area contributed by atoms with Gasteiger partial charge in [0.2, 0.25) is 0 Å². The van der Waals surface area contributed by atoms with E-state index in [0.717, 1.165) is 23.3 Å². The second kappa shape index (κ2) is 7.19. The number of nitrogens with two attached hydrogens (primary N) is 1. The predicted molar refractivity (Wildman–Crippen MR) is 96.5 cm³/mol. The minimum Gasteiger partial charge on any atom is -0.493 e. The molecule has 1 aromatic heterocycles. The van der Waals surface area contributed by atoms with E-state index in [1.807, 2.05) is 32.0 Å². The summed E-state index contributed by atoms with van der Waals surface area (Å²) in [6.07, 6.45) is -0.389. The average molecular weight is 362 g/mol. The fourth-order valence-electron chi connectivity index (χ4n) is 3.30. The molecule has 0 saturated carbocycles. The Balaban J connectivity index is 1.77. The van der Waals surface area contributed by atoms with Gasteiger partial charge in [0, 0.05) is 16.7 Å². The number of hydrogen-bond acceptors (Lipinski definition) is 4. The number of benzene rings is 1. The number of alkyl halides is 2. The van der Waals surface area contributed by atoms with E-state index in [2.05, 4.69) is 11.9 Å². The van der Waals surface area contributed by atoms with Crippen molar-refractivity contribution in [3.63, 3.8) is 0 Å². The van der Waals surface area contributed by atoms with Crippen LogP contribution in [0.25, 0.3) is 11.1 Å². The molecule has 1 aliphatic rings. The Bertz CT molecular complexity index is 788. The molecule has 6 heteroatoms. The number of fused-ring (bicyclic) bond motifs is 3. The summed E-state index contributed by atoms with van der Waals surface area (Å²) in [6, 6.07) is 7.04. The van der Waals surface area contributed by atoms with Crippen molar-refractivity contribution in [1.29, 1.82) is 0 Å². The van der Waals surface area contributed by atoms with Crippen LogP contribution in [-0.4, -0.2) is 17.1 Å². The molecule has 0 saturated heterocycles. The van der Waals surface area contributed by atoms with Gasteiger partial charge in [-0.05, 0) is 49.9 Å². The monoisotopic (exact) mass is 362 g/mol. The zero-order valence-electron chi connectivity index (χ0n) is 15.3. The molecule has 26 heavy (non-hydrogen) atoms. The van der Waals surface area contributed by atoms with Gasteiger partial charge in [0.25, 0.3) is 6.43 Å². The first-order valence-corrected chi connectivity index (χ1v) is 8.69. The highest BCUT2D eigenvalue weighted by atomic mass is 19.3. The fourth-order valence-corrected chi connectivity index (χ4v) is 3.30. The summed E-state index contributed by atoms with van der Waals surface area (Å²) in [5.74, 6) is 1.58. The van der Waals surface area contributed by atoms with Gasteiger partial charge in [-0.25, -0.2) is 8.78 Å². The average Bonchev–Trinajstić information content (AvgIpc) is 2.57. The second-order valence-corrected chi connectivity index (χ2v) is 7.62. The van der Waals surface area contributed by atoms with Crippen LogP contribution >= 0.6 is 0 Å². The quantitative estimate of drug-likeness (QED) is 0.808. The molecule has 2 aromatic rings. The molecule has 4 nitrogen and oxygen atoms in total. The van der Waals surface area contributed by atoms with Gasteiger partial charge < -0.3 is 15.2 Å².